The Kier molecular flexibility index (Phi) is 3.78. The number of rotatable bonds is 5. The monoisotopic (exact) mass is 225 g/mol. The first kappa shape index (κ1) is 12.4. The Morgan fingerprint density at radius 1 is 1.69 bits per heavy atom. The molecule has 0 radical (unpaired) electrons. The fourth-order valence-electron chi connectivity index (χ4n) is 1.17. The van der Waals surface area contributed by atoms with Gasteiger partial charge in [-0.05, 0) is 19.4 Å². The average molecular weight is 225 g/mol. The maximum absolute atomic E-state index is 10.7. The number of anilines is 1. The number of nitrogens with zero attached hydrogens (tertiary/aromatic N) is 2. The van der Waals surface area contributed by atoms with Gasteiger partial charge in [0.25, 0.3) is 0 Å². The lowest BCUT2D eigenvalue weighted by Crippen LogP contribution is -2.38. The number of aliphatic hydroxyl groups is 1. The van der Waals surface area contributed by atoms with Crippen molar-refractivity contribution in [1.82, 2.24) is 4.98 Å². The third kappa shape index (κ3) is 2.66. The molecule has 1 aromatic rings. The van der Waals surface area contributed by atoms with Crippen LogP contribution < -0.4 is 5.32 Å². The minimum atomic E-state index is -0.598. The maximum Gasteiger partial charge on any atom is 0.311 e. The van der Waals surface area contributed by atoms with E-state index in [1.165, 1.54) is 18.3 Å². The molecule has 0 fully saturated rings. The molecule has 1 heterocycles. The third-order valence-electron chi connectivity index (χ3n) is 2.53. The van der Waals surface area contributed by atoms with Crippen LogP contribution in [0.2, 0.25) is 0 Å². The average Bonchev–Trinajstić information content (AvgIpc) is 2.29. The van der Waals surface area contributed by atoms with Crippen LogP contribution in [0.3, 0.4) is 0 Å². The van der Waals surface area contributed by atoms with Crippen LogP contribution in [0.15, 0.2) is 18.3 Å². The van der Waals surface area contributed by atoms with Crippen LogP contribution in [0.25, 0.3) is 0 Å². The minimum Gasteiger partial charge on any atom is -0.394 e. The highest BCUT2D eigenvalue weighted by atomic mass is 16.6. The largest absolute Gasteiger partial charge is 0.394 e. The summed E-state index contributed by atoms with van der Waals surface area (Å²) in [6.45, 7) is 3.56. The fourth-order valence-corrected chi connectivity index (χ4v) is 1.17. The summed E-state index contributed by atoms with van der Waals surface area (Å²) in [5.41, 5.74) is -0.685. The normalized spacial score (nSPS) is 14.2. The Morgan fingerprint density at radius 2 is 2.38 bits per heavy atom. The van der Waals surface area contributed by atoms with E-state index in [9.17, 15) is 15.2 Å². The van der Waals surface area contributed by atoms with E-state index in [2.05, 4.69) is 10.3 Å². The van der Waals surface area contributed by atoms with Crippen LogP contribution in [0.4, 0.5) is 11.5 Å². The molecular formula is C10H15N3O3. The lowest BCUT2D eigenvalue weighted by Gasteiger charge is -2.27. The van der Waals surface area contributed by atoms with E-state index < -0.39 is 10.5 Å². The summed E-state index contributed by atoms with van der Waals surface area (Å²) in [5.74, 6) is 0.186. The van der Waals surface area contributed by atoms with Gasteiger partial charge in [-0.25, -0.2) is 4.98 Å². The molecule has 0 saturated carbocycles. The SMILES string of the molecule is CCC(C)(CO)Nc1ncccc1[N+](=O)[O-]. The lowest BCUT2D eigenvalue weighted by molar-refractivity contribution is -0.384. The molecular weight excluding hydrogens is 210 g/mol. The van der Waals surface area contributed by atoms with Crippen molar-refractivity contribution in [2.24, 2.45) is 0 Å². The predicted octanol–water partition coefficient (Wildman–Crippen LogP) is 1.56. The second-order valence-corrected chi connectivity index (χ2v) is 3.83. The number of hydrogen-bond donors (Lipinski definition) is 2. The number of aromatic nitrogens is 1. The molecule has 0 aliphatic rings. The summed E-state index contributed by atoms with van der Waals surface area (Å²) in [7, 11) is 0. The van der Waals surface area contributed by atoms with Crippen molar-refractivity contribution >= 4 is 11.5 Å². The third-order valence-corrected chi connectivity index (χ3v) is 2.53. The molecule has 0 aromatic carbocycles. The zero-order valence-electron chi connectivity index (χ0n) is 9.30. The van der Waals surface area contributed by atoms with Crippen molar-refractivity contribution in [1.29, 1.82) is 0 Å². The van der Waals surface area contributed by atoms with Crippen LogP contribution in [-0.4, -0.2) is 27.2 Å². The molecule has 0 spiro atoms. The summed E-state index contributed by atoms with van der Waals surface area (Å²) < 4.78 is 0. The smallest absolute Gasteiger partial charge is 0.311 e. The first-order chi connectivity index (χ1) is 7.52. The number of pyridine rings is 1. The molecule has 16 heavy (non-hydrogen) atoms. The Morgan fingerprint density at radius 3 is 2.88 bits per heavy atom. The van der Waals surface area contributed by atoms with Gasteiger partial charge in [-0.2, -0.15) is 0 Å². The highest BCUT2D eigenvalue weighted by Gasteiger charge is 2.25. The van der Waals surface area contributed by atoms with Crippen LogP contribution in [0.1, 0.15) is 20.3 Å². The van der Waals surface area contributed by atoms with Gasteiger partial charge in [0.1, 0.15) is 0 Å². The molecule has 1 unspecified atom stereocenters. The van der Waals surface area contributed by atoms with Crippen molar-refractivity contribution < 1.29 is 10.0 Å². The van der Waals surface area contributed by atoms with Gasteiger partial charge in [-0.1, -0.05) is 6.92 Å². The van der Waals surface area contributed by atoms with E-state index in [-0.39, 0.29) is 18.1 Å². The highest BCUT2D eigenvalue weighted by molar-refractivity contribution is 5.56. The molecule has 0 bridgehead atoms. The molecule has 6 nitrogen and oxygen atoms in total. The highest BCUT2D eigenvalue weighted by Crippen LogP contribution is 2.25. The Bertz CT molecular complexity index is 377. The number of aliphatic hydroxyl groups excluding tert-OH is 1. The molecule has 1 rings (SSSR count). The molecule has 88 valence electrons. The van der Waals surface area contributed by atoms with Gasteiger partial charge in [0.05, 0.1) is 17.1 Å². The van der Waals surface area contributed by atoms with Gasteiger partial charge in [-0.3, -0.25) is 10.1 Å². The van der Waals surface area contributed by atoms with Crippen molar-refractivity contribution in [2.45, 2.75) is 25.8 Å². The minimum absolute atomic E-state index is 0.0874. The quantitative estimate of drug-likeness (QED) is 0.586. The molecule has 0 aliphatic heterocycles. The lowest BCUT2D eigenvalue weighted by atomic mass is 10.0. The molecule has 0 amide bonds. The van der Waals surface area contributed by atoms with E-state index in [1.807, 2.05) is 6.92 Å². The van der Waals surface area contributed by atoms with Crippen LogP contribution in [-0.2, 0) is 0 Å². The van der Waals surface area contributed by atoms with Gasteiger partial charge >= 0.3 is 5.69 Å². The number of nitro groups is 1. The van der Waals surface area contributed by atoms with Crippen molar-refractivity contribution in [2.75, 3.05) is 11.9 Å². The van der Waals surface area contributed by atoms with Gasteiger partial charge in [0.15, 0.2) is 0 Å². The second kappa shape index (κ2) is 4.89. The van der Waals surface area contributed by atoms with Crippen LogP contribution in [0, 0.1) is 10.1 Å². The standard InChI is InChI=1S/C10H15N3O3/c1-3-10(2,7-14)12-9-8(13(15)16)5-4-6-11-9/h4-6,14H,3,7H2,1-2H3,(H,11,12). The number of nitrogens with one attached hydrogen (secondary N) is 1. The zero-order valence-corrected chi connectivity index (χ0v) is 9.30. The predicted molar refractivity (Wildman–Crippen MR) is 60.3 cm³/mol. The summed E-state index contributed by atoms with van der Waals surface area (Å²) in [6.07, 6.45) is 2.11. The summed E-state index contributed by atoms with van der Waals surface area (Å²) in [6, 6.07) is 2.88. The molecule has 1 aromatic heterocycles. The summed E-state index contributed by atoms with van der Waals surface area (Å²) in [5, 5.41) is 22.9. The maximum atomic E-state index is 10.7. The van der Waals surface area contributed by atoms with Crippen molar-refractivity contribution in [3.63, 3.8) is 0 Å². The molecule has 0 aliphatic carbocycles. The van der Waals surface area contributed by atoms with Gasteiger partial charge in [0, 0.05) is 12.3 Å². The fraction of sp³-hybridized carbons (Fsp3) is 0.500. The van der Waals surface area contributed by atoms with Crippen molar-refractivity contribution in [3.05, 3.63) is 28.4 Å². The topological polar surface area (TPSA) is 88.3 Å². The van der Waals surface area contributed by atoms with E-state index in [0.717, 1.165) is 0 Å². The van der Waals surface area contributed by atoms with Crippen LogP contribution >= 0.6 is 0 Å². The Labute approximate surface area is 93.5 Å². The van der Waals surface area contributed by atoms with E-state index >= 15 is 0 Å². The van der Waals surface area contributed by atoms with E-state index in [0.29, 0.717) is 6.42 Å². The Balaban J connectivity index is 3.01. The summed E-state index contributed by atoms with van der Waals surface area (Å²) in [4.78, 5) is 14.2. The van der Waals surface area contributed by atoms with E-state index in [1.54, 1.807) is 6.92 Å². The van der Waals surface area contributed by atoms with Gasteiger partial charge in [0.2, 0.25) is 5.82 Å². The number of hydrogen-bond acceptors (Lipinski definition) is 5. The van der Waals surface area contributed by atoms with Gasteiger partial charge < -0.3 is 10.4 Å². The Hall–Kier alpha value is -1.69. The van der Waals surface area contributed by atoms with Gasteiger partial charge in [-0.15, -0.1) is 0 Å². The molecule has 0 saturated heterocycles. The molecule has 1 atom stereocenters. The van der Waals surface area contributed by atoms with E-state index in [4.69, 9.17) is 0 Å². The first-order valence-corrected chi connectivity index (χ1v) is 5.01. The molecule has 2 N–H and O–H groups in total. The molecule has 6 heteroatoms. The second-order valence-electron chi connectivity index (χ2n) is 3.83. The summed E-state index contributed by atoms with van der Waals surface area (Å²) >= 11 is 0. The van der Waals surface area contributed by atoms with Crippen molar-refractivity contribution in [3.8, 4) is 0 Å². The zero-order chi connectivity index (χ0) is 12.2. The first-order valence-electron chi connectivity index (χ1n) is 5.01. The van der Waals surface area contributed by atoms with Crippen LogP contribution in [0.5, 0.6) is 0 Å².